The van der Waals surface area contributed by atoms with Crippen molar-refractivity contribution in [2.75, 3.05) is 23.5 Å². The fourth-order valence-corrected chi connectivity index (χ4v) is 7.05. The number of unbranched alkanes of at least 4 members (excludes halogenated alkanes) is 1. The van der Waals surface area contributed by atoms with Gasteiger partial charge in [-0.3, -0.25) is 15.0 Å². The summed E-state index contributed by atoms with van der Waals surface area (Å²) in [5, 5.41) is 24.7. The standard InChI is InChI=1S/C25H32N6O6S2/c26-25(27)28-13-5-4-8-22(32)29-18-11-9-17(10-12-18)14-20(24(34)35)30-23(33)21-15-38-16-31(21)39(36,37)19-6-2-1-3-7-19/h1-3,6-7,9-12,20-21H,4-5,8,13-16H2,(H,29,32)(H,30,33)(H,34,35)(H4,26,27,28)/t20-,21-/m0/s1. The molecule has 1 heterocycles. The Bertz CT molecular complexity index is 1270. The zero-order chi connectivity index (χ0) is 28.4. The van der Waals surface area contributed by atoms with Crippen LogP contribution in [-0.4, -0.2) is 71.8 Å². The molecule has 12 nitrogen and oxygen atoms in total. The van der Waals surface area contributed by atoms with E-state index in [1.54, 1.807) is 42.5 Å². The summed E-state index contributed by atoms with van der Waals surface area (Å²) < 4.78 is 27.2. The van der Waals surface area contributed by atoms with E-state index in [1.807, 2.05) is 0 Å². The van der Waals surface area contributed by atoms with Crippen molar-refractivity contribution in [3.63, 3.8) is 0 Å². The molecule has 1 fully saturated rings. The van der Waals surface area contributed by atoms with E-state index in [-0.39, 0.29) is 34.8 Å². The van der Waals surface area contributed by atoms with Crippen molar-refractivity contribution >= 4 is 51.2 Å². The number of sulfonamides is 1. The van der Waals surface area contributed by atoms with Crippen molar-refractivity contribution in [3.05, 3.63) is 60.2 Å². The number of anilines is 1. The number of nitrogens with zero attached hydrogens (tertiary/aromatic N) is 1. The van der Waals surface area contributed by atoms with Gasteiger partial charge in [0.1, 0.15) is 12.1 Å². The van der Waals surface area contributed by atoms with E-state index in [0.29, 0.717) is 37.1 Å². The Balaban J connectivity index is 1.55. The van der Waals surface area contributed by atoms with Crippen LogP contribution in [0.2, 0.25) is 0 Å². The molecule has 2 amide bonds. The summed E-state index contributed by atoms with van der Waals surface area (Å²) in [7, 11) is -3.92. The first kappa shape index (κ1) is 29.9. The van der Waals surface area contributed by atoms with E-state index in [1.165, 1.54) is 23.9 Å². The quantitative estimate of drug-likeness (QED) is 0.115. The maximum absolute atomic E-state index is 13.1. The highest BCUT2D eigenvalue weighted by atomic mass is 32.2. The summed E-state index contributed by atoms with van der Waals surface area (Å²) in [6, 6.07) is 12.1. The minimum absolute atomic E-state index is 0.0241. The van der Waals surface area contributed by atoms with Gasteiger partial charge < -0.3 is 26.8 Å². The molecule has 0 saturated carbocycles. The summed E-state index contributed by atoms with van der Waals surface area (Å²) in [4.78, 5) is 37.1. The van der Waals surface area contributed by atoms with Gasteiger partial charge in [0.2, 0.25) is 21.8 Å². The molecule has 7 N–H and O–H groups in total. The van der Waals surface area contributed by atoms with Gasteiger partial charge in [-0.25, -0.2) is 13.2 Å². The number of carbonyl (C=O) groups is 3. The lowest BCUT2D eigenvalue weighted by Gasteiger charge is -2.24. The molecule has 0 spiro atoms. The smallest absolute Gasteiger partial charge is 0.326 e. The molecular weight excluding hydrogens is 544 g/mol. The number of thioether (sulfide) groups is 1. The molecule has 210 valence electrons. The van der Waals surface area contributed by atoms with Crippen LogP contribution in [0.15, 0.2) is 59.5 Å². The molecule has 2 aromatic carbocycles. The van der Waals surface area contributed by atoms with Crippen molar-refractivity contribution in [2.24, 2.45) is 5.73 Å². The van der Waals surface area contributed by atoms with E-state index in [4.69, 9.17) is 11.1 Å². The minimum atomic E-state index is -3.92. The second kappa shape index (κ2) is 14.0. The molecule has 1 saturated heterocycles. The summed E-state index contributed by atoms with van der Waals surface area (Å²) in [6.07, 6.45) is 1.58. The number of hydrogen-bond acceptors (Lipinski definition) is 7. The number of benzene rings is 2. The number of carbonyl (C=O) groups excluding carboxylic acids is 2. The number of amides is 2. The third-order valence-corrected chi connectivity index (χ3v) is 8.98. The zero-order valence-corrected chi connectivity index (χ0v) is 22.8. The topological polar surface area (TPSA) is 195 Å². The van der Waals surface area contributed by atoms with E-state index in [9.17, 15) is 27.9 Å². The third-order valence-electron chi connectivity index (χ3n) is 5.93. The Kier molecular flexibility index (Phi) is 10.7. The van der Waals surface area contributed by atoms with Crippen LogP contribution >= 0.6 is 11.8 Å². The molecule has 2 aromatic rings. The summed E-state index contributed by atoms with van der Waals surface area (Å²) in [5.41, 5.74) is 6.37. The van der Waals surface area contributed by atoms with Crippen LogP contribution in [0.1, 0.15) is 24.8 Å². The first-order valence-corrected chi connectivity index (χ1v) is 14.8. The molecule has 2 atom stereocenters. The summed E-state index contributed by atoms with van der Waals surface area (Å²) >= 11 is 1.28. The van der Waals surface area contributed by atoms with Crippen LogP contribution in [0, 0.1) is 5.41 Å². The normalized spacial score (nSPS) is 16.3. The van der Waals surface area contributed by atoms with Crippen LogP contribution in [0.5, 0.6) is 0 Å². The maximum Gasteiger partial charge on any atom is 0.326 e. The second-order valence-electron chi connectivity index (χ2n) is 8.87. The molecule has 39 heavy (non-hydrogen) atoms. The van der Waals surface area contributed by atoms with Gasteiger partial charge in [0.15, 0.2) is 5.96 Å². The highest BCUT2D eigenvalue weighted by Gasteiger charge is 2.41. The number of carboxylic acids is 1. The van der Waals surface area contributed by atoms with Crippen molar-refractivity contribution in [3.8, 4) is 0 Å². The van der Waals surface area contributed by atoms with Gasteiger partial charge in [-0.2, -0.15) is 4.31 Å². The fourth-order valence-electron chi connectivity index (χ4n) is 3.88. The van der Waals surface area contributed by atoms with Gasteiger partial charge in [0.25, 0.3) is 0 Å². The molecule has 1 aliphatic rings. The van der Waals surface area contributed by atoms with Gasteiger partial charge in [-0.05, 0) is 42.7 Å². The molecule has 0 unspecified atom stereocenters. The largest absolute Gasteiger partial charge is 0.480 e. The number of guanidine groups is 1. The molecule has 14 heteroatoms. The lowest BCUT2D eigenvalue weighted by atomic mass is 10.0. The fraction of sp³-hybridized carbons (Fsp3) is 0.360. The first-order valence-electron chi connectivity index (χ1n) is 12.2. The molecular formula is C25H32N6O6S2. The van der Waals surface area contributed by atoms with Crippen LogP contribution in [0.4, 0.5) is 5.69 Å². The third kappa shape index (κ3) is 8.70. The maximum atomic E-state index is 13.1. The zero-order valence-electron chi connectivity index (χ0n) is 21.1. The average Bonchev–Trinajstić information content (AvgIpc) is 3.41. The molecule has 0 bridgehead atoms. The average molecular weight is 577 g/mol. The SMILES string of the molecule is N=C(N)NCCCCC(=O)Nc1ccc(C[C@H](NC(=O)[C@@H]2CSCN2S(=O)(=O)c2ccccc2)C(=O)O)cc1. The Labute approximate surface area is 231 Å². The van der Waals surface area contributed by atoms with E-state index in [0.717, 1.165) is 4.31 Å². The van der Waals surface area contributed by atoms with E-state index in [2.05, 4.69) is 16.0 Å². The summed E-state index contributed by atoms with van der Waals surface area (Å²) in [6.45, 7) is 0.513. The Morgan fingerprint density at radius 3 is 2.44 bits per heavy atom. The number of hydrogen-bond donors (Lipinski definition) is 6. The van der Waals surface area contributed by atoms with Gasteiger partial charge in [-0.15, -0.1) is 11.8 Å². The van der Waals surface area contributed by atoms with Crippen LogP contribution < -0.4 is 21.7 Å². The van der Waals surface area contributed by atoms with Crippen molar-refractivity contribution in [1.29, 1.82) is 5.41 Å². The van der Waals surface area contributed by atoms with E-state index >= 15 is 0 Å². The lowest BCUT2D eigenvalue weighted by molar-refractivity contribution is -0.142. The Morgan fingerprint density at radius 1 is 1.10 bits per heavy atom. The number of nitrogens with two attached hydrogens (primary N) is 1. The first-order chi connectivity index (χ1) is 18.6. The van der Waals surface area contributed by atoms with Gasteiger partial charge in [-0.1, -0.05) is 30.3 Å². The lowest BCUT2D eigenvalue weighted by Crippen LogP contribution is -2.52. The highest BCUT2D eigenvalue weighted by Crippen LogP contribution is 2.28. The van der Waals surface area contributed by atoms with E-state index < -0.39 is 34.0 Å². The monoisotopic (exact) mass is 576 g/mol. The molecule has 0 radical (unpaired) electrons. The number of rotatable bonds is 13. The second-order valence-corrected chi connectivity index (χ2v) is 11.8. The predicted octanol–water partition coefficient (Wildman–Crippen LogP) is 1.15. The van der Waals surface area contributed by atoms with Gasteiger partial charge >= 0.3 is 5.97 Å². The molecule has 0 aliphatic carbocycles. The predicted molar refractivity (Wildman–Crippen MR) is 149 cm³/mol. The van der Waals surface area contributed by atoms with Crippen LogP contribution in [0.25, 0.3) is 0 Å². The van der Waals surface area contributed by atoms with Gasteiger partial charge in [0.05, 0.1) is 10.8 Å². The van der Waals surface area contributed by atoms with Crippen molar-refractivity contribution in [2.45, 2.75) is 42.7 Å². The van der Waals surface area contributed by atoms with Crippen molar-refractivity contribution < 1.29 is 27.9 Å². The molecule has 1 aliphatic heterocycles. The number of nitrogens with one attached hydrogen (secondary N) is 4. The number of carboxylic acid groups (broad SMARTS) is 1. The molecule has 3 rings (SSSR count). The van der Waals surface area contributed by atoms with Crippen LogP contribution in [0.3, 0.4) is 0 Å². The Hall–Kier alpha value is -3.62. The van der Waals surface area contributed by atoms with Crippen LogP contribution in [-0.2, 0) is 30.8 Å². The summed E-state index contributed by atoms with van der Waals surface area (Å²) in [5.74, 6) is -1.90. The molecule has 0 aromatic heterocycles. The van der Waals surface area contributed by atoms with Crippen molar-refractivity contribution in [1.82, 2.24) is 14.9 Å². The number of aliphatic carboxylic acids is 1. The Morgan fingerprint density at radius 2 is 1.79 bits per heavy atom. The van der Waals surface area contributed by atoms with Gasteiger partial charge in [0, 0.05) is 30.8 Å². The highest BCUT2D eigenvalue weighted by molar-refractivity contribution is 8.00. The minimum Gasteiger partial charge on any atom is -0.480 e.